The predicted molar refractivity (Wildman–Crippen MR) is 89.8 cm³/mol. The number of halogens is 1. The van der Waals surface area contributed by atoms with Crippen molar-refractivity contribution in [2.75, 3.05) is 26.7 Å². The van der Waals surface area contributed by atoms with E-state index in [1.54, 1.807) is 12.1 Å². The standard InChI is InChI=1S/C19H27FN2O/c1-22-12-9-15(14-22)13-21-18(23)19(10-3-2-4-11-19)16-5-7-17(20)8-6-16/h5-8,15H,2-4,9-14H2,1H3,(H,21,23). The smallest absolute Gasteiger partial charge is 0.230 e. The Morgan fingerprint density at radius 2 is 1.96 bits per heavy atom. The van der Waals surface area contributed by atoms with E-state index in [9.17, 15) is 9.18 Å². The lowest BCUT2D eigenvalue weighted by atomic mass is 9.68. The molecule has 1 aromatic carbocycles. The summed E-state index contributed by atoms with van der Waals surface area (Å²) in [6.07, 6.45) is 6.21. The second-order valence-electron chi connectivity index (χ2n) is 7.28. The van der Waals surface area contributed by atoms with E-state index in [0.717, 1.165) is 57.3 Å². The fourth-order valence-corrected chi connectivity index (χ4v) is 4.17. The number of nitrogens with zero attached hydrogens (tertiary/aromatic N) is 1. The number of hydrogen-bond donors (Lipinski definition) is 1. The van der Waals surface area contributed by atoms with E-state index in [-0.39, 0.29) is 11.7 Å². The first-order valence-electron chi connectivity index (χ1n) is 8.83. The third-order valence-electron chi connectivity index (χ3n) is 5.58. The normalized spacial score (nSPS) is 24.5. The van der Waals surface area contributed by atoms with Crippen LogP contribution in [0.4, 0.5) is 4.39 Å². The van der Waals surface area contributed by atoms with Gasteiger partial charge in [-0.1, -0.05) is 31.4 Å². The van der Waals surface area contributed by atoms with Gasteiger partial charge in [0.15, 0.2) is 0 Å². The molecule has 1 unspecified atom stereocenters. The number of rotatable bonds is 4. The van der Waals surface area contributed by atoms with Gasteiger partial charge in [0.25, 0.3) is 0 Å². The van der Waals surface area contributed by atoms with Gasteiger partial charge < -0.3 is 10.2 Å². The van der Waals surface area contributed by atoms with Gasteiger partial charge in [-0.2, -0.15) is 0 Å². The Morgan fingerprint density at radius 3 is 2.57 bits per heavy atom. The Kier molecular flexibility index (Phi) is 5.00. The van der Waals surface area contributed by atoms with Crippen molar-refractivity contribution in [3.8, 4) is 0 Å². The maximum absolute atomic E-state index is 13.3. The zero-order valence-corrected chi connectivity index (χ0v) is 14.0. The summed E-state index contributed by atoms with van der Waals surface area (Å²) in [4.78, 5) is 15.3. The monoisotopic (exact) mass is 318 g/mol. The van der Waals surface area contributed by atoms with Crippen molar-refractivity contribution in [1.82, 2.24) is 10.2 Å². The van der Waals surface area contributed by atoms with E-state index < -0.39 is 5.41 Å². The molecule has 0 spiro atoms. The molecular weight excluding hydrogens is 291 g/mol. The van der Waals surface area contributed by atoms with Gasteiger partial charge >= 0.3 is 0 Å². The Bertz CT molecular complexity index is 537. The van der Waals surface area contributed by atoms with E-state index in [2.05, 4.69) is 17.3 Å². The number of nitrogens with one attached hydrogen (secondary N) is 1. The van der Waals surface area contributed by atoms with Crippen LogP contribution in [0.1, 0.15) is 44.1 Å². The summed E-state index contributed by atoms with van der Waals surface area (Å²) in [5.74, 6) is 0.449. The van der Waals surface area contributed by atoms with Crippen molar-refractivity contribution in [1.29, 1.82) is 0 Å². The number of carbonyl (C=O) groups is 1. The van der Waals surface area contributed by atoms with Crippen molar-refractivity contribution < 1.29 is 9.18 Å². The third-order valence-corrected chi connectivity index (χ3v) is 5.58. The largest absolute Gasteiger partial charge is 0.355 e. The van der Waals surface area contributed by atoms with Gasteiger partial charge in [-0.15, -0.1) is 0 Å². The third kappa shape index (κ3) is 3.57. The number of hydrogen-bond acceptors (Lipinski definition) is 2. The van der Waals surface area contributed by atoms with Crippen LogP contribution in [-0.2, 0) is 10.2 Å². The van der Waals surface area contributed by atoms with Crippen LogP contribution in [0.5, 0.6) is 0 Å². The first-order valence-corrected chi connectivity index (χ1v) is 8.83. The average Bonchev–Trinajstić information content (AvgIpc) is 2.99. The van der Waals surface area contributed by atoms with Gasteiger partial charge in [0.2, 0.25) is 5.91 Å². The van der Waals surface area contributed by atoms with Crippen molar-refractivity contribution in [2.24, 2.45) is 5.92 Å². The van der Waals surface area contributed by atoms with Gasteiger partial charge in [-0.05, 0) is 56.5 Å². The number of benzene rings is 1. The van der Waals surface area contributed by atoms with Gasteiger partial charge in [-0.3, -0.25) is 4.79 Å². The summed E-state index contributed by atoms with van der Waals surface area (Å²) in [5, 5.41) is 3.21. The van der Waals surface area contributed by atoms with Gasteiger partial charge in [0.1, 0.15) is 5.82 Å². The summed E-state index contributed by atoms with van der Waals surface area (Å²) in [6, 6.07) is 6.54. The average molecular weight is 318 g/mol. The summed E-state index contributed by atoms with van der Waals surface area (Å²) >= 11 is 0. The molecule has 1 amide bonds. The molecule has 1 aromatic rings. The van der Waals surface area contributed by atoms with E-state index in [1.807, 2.05) is 0 Å². The molecule has 3 nitrogen and oxygen atoms in total. The minimum absolute atomic E-state index is 0.137. The second kappa shape index (κ2) is 7.00. The zero-order valence-electron chi connectivity index (χ0n) is 14.0. The molecule has 23 heavy (non-hydrogen) atoms. The van der Waals surface area contributed by atoms with Crippen LogP contribution in [0.25, 0.3) is 0 Å². The van der Waals surface area contributed by atoms with Crippen LogP contribution in [0.2, 0.25) is 0 Å². The quantitative estimate of drug-likeness (QED) is 0.925. The van der Waals surface area contributed by atoms with Crippen LogP contribution in [0.15, 0.2) is 24.3 Å². The Labute approximate surface area is 138 Å². The minimum Gasteiger partial charge on any atom is -0.355 e. The SMILES string of the molecule is CN1CCC(CNC(=O)C2(c3ccc(F)cc3)CCCCC2)C1. The molecule has 4 heteroatoms. The highest BCUT2D eigenvalue weighted by atomic mass is 19.1. The predicted octanol–water partition coefficient (Wildman–Crippen LogP) is 3.10. The molecule has 1 aliphatic carbocycles. The molecular formula is C19H27FN2O. The molecule has 1 saturated heterocycles. The fraction of sp³-hybridized carbons (Fsp3) is 0.632. The molecule has 1 aliphatic heterocycles. The van der Waals surface area contributed by atoms with E-state index >= 15 is 0 Å². The van der Waals surface area contributed by atoms with Crippen molar-refractivity contribution >= 4 is 5.91 Å². The summed E-state index contributed by atoms with van der Waals surface area (Å²) < 4.78 is 13.3. The summed E-state index contributed by atoms with van der Waals surface area (Å²) in [7, 11) is 2.13. The highest BCUT2D eigenvalue weighted by molar-refractivity contribution is 5.88. The molecule has 2 fully saturated rings. The highest BCUT2D eigenvalue weighted by Crippen LogP contribution is 2.39. The van der Waals surface area contributed by atoms with Crippen molar-refractivity contribution in [3.05, 3.63) is 35.6 Å². The van der Waals surface area contributed by atoms with Crippen LogP contribution in [0.3, 0.4) is 0 Å². The van der Waals surface area contributed by atoms with Gasteiger partial charge in [0.05, 0.1) is 5.41 Å². The van der Waals surface area contributed by atoms with E-state index in [1.165, 1.54) is 18.6 Å². The van der Waals surface area contributed by atoms with E-state index in [0.29, 0.717) is 5.92 Å². The minimum atomic E-state index is -0.462. The Morgan fingerprint density at radius 1 is 1.26 bits per heavy atom. The van der Waals surface area contributed by atoms with E-state index in [4.69, 9.17) is 0 Å². The maximum atomic E-state index is 13.3. The van der Waals surface area contributed by atoms with Crippen molar-refractivity contribution in [2.45, 2.75) is 43.9 Å². The van der Waals surface area contributed by atoms with Crippen LogP contribution >= 0.6 is 0 Å². The number of amides is 1. The second-order valence-corrected chi connectivity index (χ2v) is 7.28. The Balaban J connectivity index is 1.72. The number of likely N-dealkylation sites (tertiary alicyclic amines) is 1. The molecule has 1 heterocycles. The van der Waals surface area contributed by atoms with Crippen LogP contribution in [-0.4, -0.2) is 37.5 Å². The fourth-order valence-electron chi connectivity index (χ4n) is 4.17. The number of carbonyl (C=O) groups excluding carboxylic acids is 1. The van der Waals surface area contributed by atoms with Gasteiger partial charge in [0, 0.05) is 13.1 Å². The lowest BCUT2D eigenvalue weighted by molar-refractivity contribution is -0.128. The summed E-state index contributed by atoms with van der Waals surface area (Å²) in [6.45, 7) is 2.93. The van der Waals surface area contributed by atoms with Gasteiger partial charge in [-0.25, -0.2) is 4.39 Å². The highest BCUT2D eigenvalue weighted by Gasteiger charge is 2.41. The first kappa shape index (κ1) is 16.4. The van der Waals surface area contributed by atoms with Crippen LogP contribution in [0, 0.1) is 11.7 Å². The molecule has 126 valence electrons. The molecule has 3 rings (SSSR count). The molecule has 1 N–H and O–H groups in total. The van der Waals surface area contributed by atoms with Crippen molar-refractivity contribution in [3.63, 3.8) is 0 Å². The molecule has 0 aromatic heterocycles. The lowest BCUT2D eigenvalue weighted by Gasteiger charge is -2.36. The summed E-state index contributed by atoms with van der Waals surface area (Å²) in [5.41, 5.74) is 0.510. The zero-order chi connectivity index (χ0) is 16.3. The maximum Gasteiger partial charge on any atom is 0.230 e. The topological polar surface area (TPSA) is 32.3 Å². The molecule has 0 bridgehead atoms. The lowest BCUT2D eigenvalue weighted by Crippen LogP contribution is -2.47. The molecule has 1 atom stereocenters. The molecule has 1 saturated carbocycles. The van der Waals surface area contributed by atoms with Crippen LogP contribution < -0.4 is 5.32 Å². The Hall–Kier alpha value is -1.42. The molecule has 2 aliphatic rings. The first-order chi connectivity index (χ1) is 11.1. The molecule has 0 radical (unpaired) electrons.